The van der Waals surface area contributed by atoms with Crippen LogP contribution in [0.1, 0.15) is 23.3 Å². The number of amides is 1. The molecule has 19 heavy (non-hydrogen) atoms. The Kier molecular flexibility index (Phi) is 3.94. The van der Waals surface area contributed by atoms with Gasteiger partial charge >= 0.3 is 5.97 Å². The average molecular weight is 264 g/mol. The van der Waals surface area contributed by atoms with Gasteiger partial charge in [0, 0.05) is 20.1 Å². The van der Waals surface area contributed by atoms with Gasteiger partial charge in [0.1, 0.15) is 5.82 Å². The van der Waals surface area contributed by atoms with Crippen molar-refractivity contribution in [3.05, 3.63) is 18.1 Å². The second-order valence-electron chi connectivity index (χ2n) is 4.46. The van der Waals surface area contributed by atoms with E-state index >= 15 is 0 Å². The van der Waals surface area contributed by atoms with Gasteiger partial charge in [-0.3, -0.25) is 4.79 Å². The standard InChI is InChI=1S/C12H16N4O3/c1-13-11(17)8-3-2-4-16(7-8)10-6-14-9(5-15-10)12(18)19/h5-6,8H,2-4,7H2,1H3,(H,13,17)(H,18,19). The monoisotopic (exact) mass is 264 g/mol. The van der Waals surface area contributed by atoms with E-state index in [-0.39, 0.29) is 17.5 Å². The Morgan fingerprint density at radius 2 is 2.21 bits per heavy atom. The number of carbonyl (C=O) groups is 2. The Morgan fingerprint density at radius 3 is 2.79 bits per heavy atom. The second-order valence-corrected chi connectivity index (χ2v) is 4.46. The van der Waals surface area contributed by atoms with Gasteiger partial charge in [-0.1, -0.05) is 0 Å². The highest BCUT2D eigenvalue weighted by Crippen LogP contribution is 2.21. The summed E-state index contributed by atoms with van der Waals surface area (Å²) in [4.78, 5) is 32.2. The van der Waals surface area contributed by atoms with E-state index in [0.29, 0.717) is 12.4 Å². The zero-order valence-electron chi connectivity index (χ0n) is 10.7. The highest BCUT2D eigenvalue weighted by Gasteiger charge is 2.25. The number of anilines is 1. The Balaban J connectivity index is 2.08. The van der Waals surface area contributed by atoms with Crippen LogP contribution in [0.5, 0.6) is 0 Å². The van der Waals surface area contributed by atoms with Crippen LogP contribution in [0.25, 0.3) is 0 Å². The minimum absolute atomic E-state index is 0.0276. The maximum absolute atomic E-state index is 11.6. The van der Waals surface area contributed by atoms with Crippen molar-refractivity contribution in [3.63, 3.8) is 0 Å². The Hall–Kier alpha value is -2.18. The van der Waals surface area contributed by atoms with Gasteiger partial charge in [0.25, 0.3) is 0 Å². The van der Waals surface area contributed by atoms with E-state index < -0.39 is 5.97 Å². The van der Waals surface area contributed by atoms with Crippen LogP contribution < -0.4 is 10.2 Å². The van der Waals surface area contributed by atoms with Crippen molar-refractivity contribution in [2.75, 3.05) is 25.0 Å². The molecule has 0 bridgehead atoms. The predicted molar refractivity (Wildman–Crippen MR) is 68.0 cm³/mol. The van der Waals surface area contributed by atoms with Gasteiger partial charge in [0.05, 0.1) is 18.3 Å². The van der Waals surface area contributed by atoms with Crippen LogP contribution >= 0.6 is 0 Å². The first-order valence-electron chi connectivity index (χ1n) is 6.13. The molecule has 0 radical (unpaired) electrons. The number of carbonyl (C=O) groups excluding carboxylic acids is 1. The van der Waals surface area contributed by atoms with Crippen LogP contribution in [0.2, 0.25) is 0 Å². The average Bonchev–Trinajstić information content (AvgIpc) is 2.46. The largest absolute Gasteiger partial charge is 0.476 e. The van der Waals surface area contributed by atoms with Crippen LogP contribution in [-0.4, -0.2) is 47.1 Å². The van der Waals surface area contributed by atoms with E-state index in [1.54, 1.807) is 7.05 Å². The lowest BCUT2D eigenvalue weighted by atomic mass is 9.97. The number of nitrogens with one attached hydrogen (secondary N) is 1. The Labute approximate surface area is 110 Å². The minimum atomic E-state index is -1.10. The van der Waals surface area contributed by atoms with Crippen molar-refractivity contribution >= 4 is 17.7 Å². The third kappa shape index (κ3) is 2.98. The number of aromatic carboxylic acids is 1. The molecule has 102 valence electrons. The van der Waals surface area contributed by atoms with Crippen molar-refractivity contribution in [3.8, 4) is 0 Å². The van der Waals surface area contributed by atoms with Gasteiger partial charge in [-0.05, 0) is 12.8 Å². The highest BCUT2D eigenvalue weighted by atomic mass is 16.4. The van der Waals surface area contributed by atoms with E-state index in [0.717, 1.165) is 19.4 Å². The molecule has 1 aromatic rings. The first-order valence-corrected chi connectivity index (χ1v) is 6.13. The van der Waals surface area contributed by atoms with E-state index in [1.807, 2.05) is 4.90 Å². The molecule has 1 fully saturated rings. The van der Waals surface area contributed by atoms with E-state index in [2.05, 4.69) is 15.3 Å². The molecular formula is C12H16N4O3. The summed E-state index contributed by atoms with van der Waals surface area (Å²) in [5.41, 5.74) is -0.0800. The summed E-state index contributed by atoms with van der Waals surface area (Å²) < 4.78 is 0. The fourth-order valence-corrected chi connectivity index (χ4v) is 2.20. The van der Waals surface area contributed by atoms with E-state index in [4.69, 9.17) is 5.11 Å². The third-order valence-corrected chi connectivity index (χ3v) is 3.22. The molecule has 1 aliphatic heterocycles. The second kappa shape index (κ2) is 5.64. The Morgan fingerprint density at radius 1 is 1.42 bits per heavy atom. The van der Waals surface area contributed by atoms with Crippen LogP contribution in [-0.2, 0) is 4.79 Å². The van der Waals surface area contributed by atoms with Gasteiger partial charge in [-0.15, -0.1) is 0 Å². The van der Waals surface area contributed by atoms with E-state index in [9.17, 15) is 9.59 Å². The molecule has 1 atom stereocenters. The number of aromatic nitrogens is 2. The SMILES string of the molecule is CNC(=O)C1CCCN(c2cnc(C(=O)O)cn2)C1. The van der Waals surface area contributed by atoms with Crippen LogP contribution in [0.4, 0.5) is 5.82 Å². The molecule has 0 saturated carbocycles. The molecule has 0 aromatic carbocycles. The summed E-state index contributed by atoms with van der Waals surface area (Å²) in [6, 6.07) is 0. The molecule has 0 spiro atoms. The van der Waals surface area contributed by atoms with Crippen molar-refractivity contribution in [2.45, 2.75) is 12.8 Å². The smallest absolute Gasteiger partial charge is 0.356 e. The van der Waals surface area contributed by atoms with E-state index in [1.165, 1.54) is 12.4 Å². The van der Waals surface area contributed by atoms with Crippen molar-refractivity contribution < 1.29 is 14.7 Å². The number of nitrogens with zero attached hydrogens (tertiary/aromatic N) is 3. The molecule has 1 aromatic heterocycles. The zero-order chi connectivity index (χ0) is 13.8. The summed E-state index contributed by atoms with van der Waals surface area (Å²) in [5, 5.41) is 11.4. The zero-order valence-corrected chi connectivity index (χ0v) is 10.7. The van der Waals surface area contributed by atoms with Crippen molar-refractivity contribution in [2.24, 2.45) is 5.92 Å². The number of hydrogen-bond acceptors (Lipinski definition) is 5. The van der Waals surface area contributed by atoms with Crippen LogP contribution in [0, 0.1) is 5.92 Å². The first kappa shape index (κ1) is 13.3. The number of hydrogen-bond donors (Lipinski definition) is 2. The normalized spacial score (nSPS) is 19.0. The molecule has 7 heteroatoms. The lowest BCUT2D eigenvalue weighted by Gasteiger charge is -2.32. The number of carboxylic acids is 1. The lowest BCUT2D eigenvalue weighted by Crippen LogP contribution is -2.42. The number of piperidine rings is 1. The summed E-state index contributed by atoms with van der Waals surface area (Å²) in [6.07, 6.45) is 4.44. The third-order valence-electron chi connectivity index (χ3n) is 3.22. The molecule has 7 nitrogen and oxygen atoms in total. The molecule has 2 N–H and O–H groups in total. The molecule has 1 amide bonds. The quantitative estimate of drug-likeness (QED) is 0.806. The van der Waals surface area contributed by atoms with Gasteiger partial charge in [0.2, 0.25) is 5.91 Å². The van der Waals surface area contributed by atoms with Gasteiger partial charge in [-0.25, -0.2) is 14.8 Å². The Bertz CT molecular complexity index is 474. The van der Waals surface area contributed by atoms with Crippen molar-refractivity contribution in [1.29, 1.82) is 0 Å². The lowest BCUT2D eigenvalue weighted by molar-refractivity contribution is -0.124. The fraction of sp³-hybridized carbons (Fsp3) is 0.500. The molecule has 2 rings (SSSR count). The number of rotatable bonds is 3. The molecule has 1 aliphatic rings. The van der Waals surface area contributed by atoms with Crippen LogP contribution in [0.3, 0.4) is 0 Å². The minimum Gasteiger partial charge on any atom is -0.476 e. The summed E-state index contributed by atoms with van der Waals surface area (Å²) in [7, 11) is 1.63. The molecular weight excluding hydrogens is 248 g/mol. The van der Waals surface area contributed by atoms with Crippen LogP contribution in [0.15, 0.2) is 12.4 Å². The maximum atomic E-state index is 11.6. The first-order chi connectivity index (χ1) is 9.11. The maximum Gasteiger partial charge on any atom is 0.356 e. The summed E-state index contributed by atoms with van der Waals surface area (Å²) >= 11 is 0. The van der Waals surface area contributed by atoms with Gasteiger partial charge in [-0.2, -0.15) is 0 Å². The van der Waals surface area contributed by atoms with Crippen molar-refractivity contribution in [1.82, 2.24) is 15.3 Å². The molecule has 2 heterocycles. The topological polar surface area (TPSA) is 95.4 Å². The number of carboxylic acid groups (broad SMARTS) is 1. The molecule has 1 saturated heterocycles. The fourth-order valence-electron chi connectivity index (χ4n) is 2.20. The molecule has 1 unspecified atom stereocenters. The predicted octanol–water partition coefficient (Wildman–Crippen LogP) is 0.137. The highest BCUT2D eigenvalue weighted by molar-refractivity contribution is 5.85. The molecule has 0 aliphatic carbocycles. The summed E-state index contributed by atoms with van der Waals surface area (Å²) in [6.45, 7) is 1.38. The van der Waals surface area contributed by atoms with Gasteiger partial charge < -0.3 is 15.3 Å². The summed E-state index contributed by atoms with van der Waals surface area (Å²) in [5.74, 6) is -0.515. The van der Waals surface area contributed by atoms with Gasteiger partial charge in [0.15, 0.2) is 5.69 Å².